The highest BCUT2D eigenvalue weighted by Crippen LogP contribution is 2.31. The van der Waals surface area contributed by atoms with E-state index in [0.29, 0.717) is 34.4 Å². The minimum absolute atomic E-state index is 0.0629. The first-order valence-electron chi connectivity index (χ1n) is 36.5. The number of aromatic nitrogens is 1. The van der Waals surface area contributed by atoms with Gasteiger partial charge in [-0.3, -0.25) is 44.0 Å². The summed E-state index contributed by atoms with van der Waals surface area (Å²) in [6.07, 6.45) is 8.71. The number of primary amides is 1. The summed E-state index contributed by atoms with van der Waals surface area (Å²) in [7, 11) is 1.77. The van der Waals surface area contributed by atoms with Crippen molar-refractivity contribution in [3.8, 4) is 0 Å². The van der Waals surface area contributed by atoms with Gasteiger partial charge in [-0.2, -0.15) is 0 Å². The summed E-state index contributed by atoms with van der Waals surface area (Å²) in [5.41, 5.74) is 7.44. The molecule has 0 saturated carbocycles. The smallest absolute Gasteiger partial charge is 0.221 e. The maximum Gasteiger partial charge on any atom is 0.221 e. The number of ether oxygens (including phenoxy) is 2. The van der Waals surface area contributed by atoms with Crippen LogP contribution in [0.4, 0.5) is 5.82 Å². The number of methoxy groups -OCH3 is 1. The number of likely N-dealkylation sites (tertiary alicyclic amines) is 2. The maximum absolute atomic E-state index is 11.0. The third-order valence-electron chi connectivity index (χ3n) is 19.6. The summed E-state index contributed by atoms with van der Waals surface area (Å²) in [6, 6.07) is 7.68. The normalized spacial score (nSPS) is 25.1. The van der Waals surface area contributed by atoms with E-state index in [0.717, 1.165) is 96.3 Å². The number of nitrogens with two attached hydrogens (primary N) is 1. The van der Waals surface area contributed by atoms with Crippen LogP contribution in [-0.4, -0.2) is 287 Å². The van der Waals surface area contributed by atoms with Crippen molar-refractivity contribution < 1.29 is 14.3 Å². The van der Waals surface area contributed by atoms with E-state index in [1.54, 1.807) is 7.11 Å². The van der Waals surface area contributed by atoms with Crippen LogP contribution in [0.2, 0.25) is 0 Å². The molecule has 536 valence electrons. The Labute approximate surface area is 564 Å². The standard InChI is InChI=1S/C13H21N3.C11H24N2O.C11H24N2.C10H20N2O.C10H22N2.C10H21NO.C10H21N/c1-13(2,3)16-10-8-15(9-11-16)12-6-4-5-7-14-12;1-11(2,3)13-7-5-12(6-8-13)9-10-14-4;1-5-6-12-7-9-13(10-8-12)11(2,3)4;1-10(2,3)12-6-4-5-8(7-12)9(11)13;1-5-11-6-8-12(9-7-11)10(2,3)4;1-8-6-11(10(3,4)5)7-9(2)12-8;1-8-6-7-9(2)11(8)10(3,4)5/h4-7H,8-11H2,1-3H3;5-10H2,1-4H3;5-10H2,1-4H3;8H,4-7H2,1-3H3,(H2,11,13);5-9H2,1-4H3;8-9H,6-7H2,1-5H3;8-9H,6-7H2,1-5H3. The molecule has 0 radical (unpaired) electrons. The number of pyridine rings is 1. The number of likely N-dealkylation sites (N-methyl/N-ethyl adjacent to an activating group) is 1. The Balaban J connectivity index is 0.000000363. The lowest BCUT2D eigenvalue weighted by Crippen LogP contribution is -2.53. The highest BCUT2D eigenvalue weighted by atomic mass is 16.5. The largest absolute Gasteiger partial charge is 0.383 e. The molecular formula is C75H153N13O3. The van der Waals surface area contributed by atoms with Crippen molar-refractivity contribution in [3.05, 3.63) is 24.4 Å². The van der Waals surface area contributed by atoms with Gasteiger partial charge in [-0.05, 0) is 237 Å². The monoisotopic (exact) mass is 1280 g/mol. The summed E-state index contributed by atoms with van der Waals surface area (Å²) in [5, 5.41) is 0. The molecule has 91 heavy (non-hydrogen) atoms. The van der Waals surface area contributed by atoms with Gasteiger partial charge < -0.3 is 29.9 Å². The SMILES string of the molecule is CC(C)(C)N1CCCC(C(N)=O)C1.CC(C)(C)N1CCN(c2ccccn2)CC1.CC1CCC(C)N1C(C)(C)C.CC1CN(C(C)(C)C)CC(C)O1.CCCN1CCN(C(C)(C)C)CC1.CCN1CCN(C(C)(C)C)CC1.COCCN1CCN(C(C)(C)C)CC1. The van der Waals surface area contributed by atoms with E-state index in [1.165, 1.54) is 111 Å². The fraction of sp³-hybridized carbons (Fsp3) is 0.920. The average Bonchev–Trinajstić information content (AvgIpc) is 1.89. The second-order valence-electron chi connectivity index (χ2n) is 34.5. The molecule has 8 heterocycles. The zero-order valence-electron chi connectivity index (χ0n) is 65.4. The van der Waals surface area contributed by atoms with Crippen molar-refractivity contribution in [2.24, 2.45) is 11.7 Å². The molecule has 0 aromatic carbocycles. The molecule has 7 aliphatic rings. The van der Waals surface area contributed by atoms with Gasteiger partial charge in [0.1, 0.15) is 5.82 Å². The van der Waals surface area contributed by atoms with Crippen LogP contribution >= 0.6 is 0 Å². The van der Waals surface area contributed by atoms with Crippen molar-refractivity contribution in [2.75, 3.05) is 169 Å². The summed E-state index contributed by atoms with van der Waals surface area (Å²) in [5.74, 6) is 1.03. The predicted molar refractivity (Wildman–Crippen MR) is 393 cm³/mol. The fourth-order valence-electron chi connectivity index (χ4n) is 13.8. The van der Waals surface area contributed by atoms with Crippen LogP contribution in [-0.2, 0) is 14.3 Å². The molecule has 1 amide bonds. The van der Waals surface area contributed by atoms with Gasteiger partial charge in [0.15, 0.2) is 0 Å². The summed E-state index contributed by atoms with van der Waals surface area (Å²) < 4.78 is 10.8. The van der Waals surface area contributed by atoms with Gasteiger partial charge in [0.05, 0.1) is 24.7 Å². The summed E-state index contributed by atoms with van der Waals surface area (Å²) in [6.45, 7) is 88.8. The van der Waals surface area contributed by atoms with Crippen LogP contribution in [0.15, 0.2) is 24.4 Å². The molecule has 16 heteroatoms. The fourth-order valence-corrected chi connectivity index (χ4v) is 13.8. The first kappa shape index (κ1) is 85.0. The minimum atomic E-state index is -0.144. The number of morpholine rings is 1. The number of piperazine rings is 4. The van der Waals surface area contributed by atoms with Crippen molar-refractivity contribution in [1.82, 2.24) is 54.0 Å². The number of amides is 1. The lowest BCUT2D eigenvalue weighted by Gasteiger charge is -2.43. The van der Waals surface area contributed by atoms with Gasteiger partial charge in [-0.1, -0.05) is 19.9 Å². The molecule has 8 rings (SSSR count). The third-order valence-corrected chi connectivity index (χ3v) is 19.6. The molecule has 0 spiro atoms. The first-order chi connectivity index (χ1) is 41.9. The van der Waals surface area contributed by atoms with E-state index in [-0.39, 0.29) is 28.4 Å². The van der Waals surface area contributed by atoms with Crippen LogP contribution in [0.25, 0.3) is 0 Å². The number of carbonyl (C=O) groups excluding carboxylic acids is 1. The van der Waals surface area contributed by atoms with E-state index in [4.69, 9.17) is 15.2 Å². The van der Waals surface area contributed by atoms with Gasteiger partial charge >= 0.3 is 0 Å². The molecule has 1 aromatic rings. The van der Waals surface area contributed by atoms with Gasteiger partial charge in [0.25, 0.3) is 0 Å². The molecule has 7 saturated heterocycles. The lowest BCUT2D eigenvalue weighted by atomic mass is 9.93. The molecule has 7 aliphatic heterocycles. The zero-order chi connectivity index (χ0) is 69.3. The Hall–Kier alpha value is -2.06. The van der Waals surface area contributed by atoms with E-state index >= 15 is 0 Å². The predicted octanol–water partition coefficient (Wildman–Crippen LogP) is 11.8. The van der Waals surface area contributed by atoms with Crippen molar-refractivity contribution >= 4 is 11.7 Å². The molecule has 0 aliphatic carbocycles. The molecule has 16 nitrogen and oxygen atoms in total. The topological polar surface area (TPSA) is 110 Å². The lowest BCUT2D eigenvalue weighted by molar-refractivity contribution is -0.124. The van der Waals surface area contributed by atoms with E-state index in [2.05, 4.69) is 258 Å². The van der Waals surface area contributed by atoms with Gasteiger partial charge in [-0.15, -0.1) is 0 Å². The van der Waals surface area contributed by atoms with Gasteiger partial charge in [0.2, 0.25) is 5.91 Å². The number of piperidine rings is 1. The molecule has 7 fully saturated rings. The second kappa shape index (κ2) is 39.4. The van der Waals surface area contributed by atoms with E-state index in [9.17, 15) is 4.79 Å². The second-order valence-corrected chi connectivity index (χ2v) is 34.5. The molecule has 5 unspecified atom stereocenters. The van der Waals surface area contributed by atoms with Gasteiger partial charge in [-0.25, -0.2) is 4.98 Å². The quantitative estimate of drug-likeness (QED) is 0.266. The maximum atomic E-state index is 11.0. The van der Waals surface area contributed by atoms with Crippen LogP contribution in [0, 0.1) is 5.92 Å². The molecule has 5 atom stereocenters. The van der Waals surface area contributed by atoms with Gasteiger partial charge in [0, 0.05) is 195 Å². The summed E-state index contributed by atoms with van der Waals surface area (Å²) in [4.78, 5) is 43.0. The first-order valence-corrected chi connectivity index (χ1v) is 36.5. The van der Waals surface area contributed by atoms with Crippen LogP contribution in [0.5, 0.6) is 0 Å². The molecule has 0 bridgehead atoms. The molecule has 1 aromatic heterocycles. The number of rotatable bonds is 8. The van der Waals surface area contributed by atoms with Crippen molar-refractivity contribution in [3.63, 3.8) is 0 Å². The minimum Gasteiger partial charge on any atom is -0.383 e. The Morgan fingerprint density at radius 3 is 1.19 bits per heavy atom. The van der Waals surface area contributed by atoms with Crippen LogP contribution < -0.4 is 10.6 Å². The zero-order valence-corrected chi connectivity index (χ0v) is 65.4. The Morgan fingerprint density at radius 2 is 0.868 bits per heavy atom. The molecule has 2 N–H and O–H groups in total. The van der Waals surface area contributed by atoms with Crippen molar-refractivity contribution in [2.45, 2.75) is 282 Å². The third kappa shape index (κ3) is 33.2. The Morgan fingerprint density at radius 1 is 0.484 bits per heavy atom. The van der Waals surface area contributed by atoms with E-state index < -0.39 is 0 Å². The number of carbonyl (C=O) groups is 1. The highest BCUT2D eigenvalue weighted by Gasteiger charge is 2.36. The number of anilines is 1. The Bertz CT molecular complexity index is 2020. The number of hydrogen-bond donors (Lipinski definition) is 1. The molecular weight excluding hydrogens is 1130 g/mol. The average molecular weight is 1290 g/mol. The van der Waals surface area contributed by atoms with E-state index in [1.807, 2.05) is 12.3 Å². The number of nitrogens with zero attached hydrogens (tertiary/aromatic N) is 12. The van der Waals surface area contributed by atoms with Crippen LogP contribution in [0.3, 0.4) is 0 Å². The van der Waals surface area contributed by atoms with Crippen molar-refractivity contribution in [1.29, 1.82) is 0 Å². The van der Waals surface area contributed by atoms with Crippen LogP contribution in [0.1, 0.15) is 219 Å². The number of hydrogen-bond acceptors (Lipinski definition) is 15. The Kier molecular flexibility index (Phi) is 36.8. The highest BCUT2D eigenvalue weighted by molar-refractivity contribution is 5.77. The summed E-state index contributed by atoms with van der Waals surface area (Å²) >= 11 is 0.